The number of fused-ring (bicyclic) bond motifs is 1. The lowest BCUT2D eigenvalue weighted by Crippen LogP contribution is -2.03. The SMILES string of the molecule is OC(c1ccc2ncccc2c1)c1c(F)cccc1Br. The highest BCUT2D eigenvalue weighted by molar-refractivity contribution is 9.10. The summed E-state index contributed by atoms with van der Waals surface area (Å²) in [5.74, 6) is -0.432. The second kappa shape index (κ2) is 5.31. The minimum Gasteiger partial charge on any atom is -0.384 e. The molecule has 4 heteroatoms. The summed E-state index contributed by atoms with van der Waals surface area (Å²) in [5, 5.41) is 11.3. The lowest BCUT2D eigenvalue weighted by molar-refractivity contribution is 0.214. The summed E-state index contributed by atoms with van der Waals surface area (Å²) in [6.07, 6.45) is 0.696. The van der Waals surface area contributed by atoms with E-state index in [1.54, 1.807) is 24.4 Å². The number of hydrogen-bond donors (Lipinski definition) is 1. The highest BCUT2D eigenvalue weighted by Gasteiger charge is 2.18. The molecular formula is C16H11BrFNO. The molecule has 0 aliphatic carbocycles. The molecule has 2 nitrogen and oxygen atoms in total. The number of hydrogen-bond acceptors (Lipinski definition) is 2. The van der Waals surface area contributed by atoms with Crippen LogP contribution in [0.4, 0.5) is 4.39 Å². The monoisotopic (exact) mass is 331 g/mol. The number of aliphatic hydroxyl groups excluding tert-OH is 1. The Morgan fingerprint density at radius 3 is 2.75 bits per heavy atom. The number of nitrogens with zero attached hydrogens (tertiary/aromatic N) is 1. The van der Waals surface area contributed by atoms with Gasteiger partial charge in [-0.15, -0.1) is 0 Å². The van der Waals surface area contributed by atoms with Gasteiger partial charge in [0.25, 0.3) is 0 Å². The molecule has 0 saturated heterocycles. The Morgan fingerprint density at radius 2 is 1.95 bits per heavy atom. The van der Waals surface area contributed by atoms with Crippen molar-refractivity contribution in [2.75, 3.05) is 0 Å². The van der Waals surface area contributed by atoms with E-state index in [4.69, 9.17) is 0 Å². The third kappa shape index (κ3) is 2.32. The van der Waals surface area contributed by atoms with E-state index < -0.39 is 11.9 Å². The predicted molar refractivity (Wildman–Crippen MR) is 79.9 cm³/mol. The molecule has 100 valence electrons. The Bertz CT molecular complexity index is 755. The number of benzene rings is 2. The van der Waals surface area contributed by atoms with E-state index in [0.717, 1.165) is 10.9 Å². The van der Waals surface area contributed by atoms with E-state index in [0.29, 0.717) is 10.0 Å². The molecule has 3 aromatic rings. The van der Waals surface area contributed by atoms with Crippen LogP contribution in [0.1, 0.15) is 17.2 Å². The Labute approximate surface area is 124 Å². The zero-order valence-corrected chi connectivity index (χ0v) is 12.0. The third-order valence-corrected chi connectivity index (χ3v) is 3.91. The quantitative estimate of drug-likeness (QED) is 0.762. The van der Waals surface area contributed by atoms with Crippen LogP contribution in [-0.2, 0) is 0 Å². The maximum atomic E-state index is 13.9. The zero-order valence-electron chi connectivity index (χ0n) is 10.4. The van der Waals surface area contributed by atoms with Gasteiger partial charge in [-0.3, -0.25) is 4.98 Å². The lowest BCUT2D eigenvalue weighted by atomic mass is 9.99. The van der Waals surface area contributed by atoms with Crippen LogP contribution in [0.5, 0.6) is 0 Å². The van der Waals surface area contributed by atoms with Crippen LogP contribution in [0.2, 0.25) is 0 Å². The van der Waals surface area contributed by atoms with E-state index >= 15 is 0 Å². The molecule has 1 N–H and O–H groups in total. The van der Waals surface area contributed by atoms with E-state index in [2.05, 4.69) is 20.9 Å². The van der Waals surface area contributed by atoms with Crippen molar-refractivity contribution in [2.45, 2.75) is 6.10 Å². The molecule has 1 heterocycles. The van der Waals surface area contributed by atoms with Crippen LogP contribution in [0.25, 0.3) is 10.9 Å². The molecule has 1 aromatic heterocycles. The zero-order chi connectivity index (χ0) is 14.1. The number of aromatic nitrogens is 1. The average molecular weight is 332 g/mol. The van der Waals surface area contributed by atoms with Crippen molar-refractivity contribution in [1.29, 1.82) is 0 Å². The molecule has 20 heavy (non-hydrogen) atoms. The molecule has 0 radical (unpaired) electrons. The van der Waals surface area contributed by atoms with Crippen molar-refractivity contribution in [2.24, 2.45) is 0 Å². The standard InChI is InChI=1S/C16H11BrFNO/c17-12-4-1-5-13(18)15(12)16(20)11-6-7-14-10(9-11)3-2-8-19-14/h1-9,16,20H. The molecule has 0 fully saturated rings. The van der Waals surface area contributed by atoms with Gasteiger partial charge in [0, 0.05) is 21.6 Å². The first-order chi connectivity index (χ1) is 9.66. The van der Waals surface area contributed by atoms with Gasteiger partial charge >= 0.3 is 0 Å². The lowest BCUT2D eigenvalue weighted by Gasteiger charge is -2.14. The Kier molecular flexibility index (Phi) is 3.51. The largest absolute Gasteiger partial charge is 0.384 e. The van der Waals surface area contributed by atoms with Crippen molar-refractivity contribution in [1.82, 2.24) is 4.98 Å². The van der Waals surface area contributed by atoms with Crippen molar-refractivity contribution in [3.63, 3.8) is 0 Å². The van der Waals surface area contributed by atoms with E-state index in [1.165, 1.54) is 6.07 Å². The highest BCUT2D eigenvalue weighted by Crippen LogP contribution is 2.31. The van der Waals surface area contributed by atoms with Crippen LogP contribution in [0.3, 0.4) is 0 Å². The Morgan fingerprint density at radius 1 is 1.10 bits per heavy atom. The van der Waals surface area contributed by atoms with Crippen LogP contribution < -0.4 is 0 Å². The molecule has 0 spiro atoms. The fourth-order valence-corrected chi connectivity index (χ4v) is 2.76. The summed E-state index contributed by atoms with van der Waals surface area (Å²) in [7, 11) is 0. The molecule has 1 atom stereocenters. The molecule has 0 amide bonds. The molecule has 0 aliphatic heterocycles. The Hall–Kier alpha value is -1.78. The first kappa shape index (κ1) is 13.2. The van der Waals surface area contributed by atoms with Crippen molar-refractivity contribution in [3.8, 4) is 0 Å². The van der Waals surface area contributed by atoms with Crippen molar-refractivity contribution >= 4 is 26.8 Å². The molecule has 1 unspecified atom stereocenters. The number of rotatable bonds is 2. The first-order valence-corrected chi connectivity index (χ1v) is 6.93. The van der Waals surface area contributed by atoms with E-state index in [9.17, 15) is 9.50 Å². The molecule has 2 aromatic carbocycles. The fourth-order valence-electron chi connectivity index (χ4n) is 2.20. The maximum Gasteiger partial charge on any atom is 0.130 e. The van der Waals surface area contributed by atoms with Crippen LogP contribution >= 0.6 is 15.9 Å². The van der Waals surface area contributed by atoms with Gasteiger partial charge in [0.05, 0.1) is 5.52 Å². The minimum atomic E-state index is -1.02. The summed E-state index contributed by atoms with van der Waals surface area (Å²) in [6, 6.07) is 13.8. The van der Waals surface area contributed by atoms with Gasteiger partial charge in [-0.05, 0) is 35.9 Å². The van der Waals surface area contributed by atoms with Gasteiger partial charge in [0.15, 0.2) is 0 Å². The van der Waals surface area contributed by atoms with Gasteiger partial charge in [-0.2, -0.15) is 0 Å². The topological polar surface area (TPSA) is 33.1 Å². The predicted octanol–water partition coefficient (Wildman–Crippen LogP) is 4.22. The highest BCUT2D eigenvalue weighted by atomic mass is 79.9. The average Bonchev–Trinajstić information content (AvgIpc) is 2.46. The summed E-state index contributed by atoms with van der Waals surface area (Å²) >= 11 is 3.28. The number of halogens is 2. The van der Waals surface area contributed by atoms with Crippen LogP contribution in [-0.4, -0.2) is 10.1 Å². The van der Waals surface area contributed by atoms with E-state index in [-0.39, 0.29) is 5.56 Å². The normalized spacial score (nSPS) is 12.6. The number of aliphatic hydroxyl groups is 1. The van der Waals surface area contributed by atoms with Crippen molar-refractivity contribution in [3.05, 3.63) is 76.1 Å². The smallest absolute Gasteiger partial charge is 0.130 e. The second-order valence-electron chi connectivity index (χ2n) is 4.49. The van der Waals surface area contributed by atoms with Gasteiger partial charge in [-0.25, -0.2) is 4.39 Å². The van der Waals surface area contributed by atoms with E-state index in [1.807, 2.05) is 24.3 Å². The van der Waals surface area contributed by atoms with Gasteiger partial charge in [0.1, 0.15) is 11.9 Å². The van der Waals surface area contributed by atoms with Crippen molar-refractivity contribution < 1.29 is 9.50 Å². The van der Waals surface area contributed by atoms with Crippen LogP contribution in [0.15, 0.2) is 59.2 Å². The van der Waals surface area contributed by atoms with Gasteiger partial charge in [-0.1, -0.05) is 34.1 Å². The molecular weight excluding hydrogens is 321 g/mol. The van der Waals surface area contributed by atoms with Gasteiger partial charge < -0.3 is 5.11 Å². The summed E-state index contributed by atoms with van der Waals surface area (Å²) in [4.78, 5) is 4.22. The third-order valence-electron chi connectivity index (χ3n) is 3.22. The summed E-state index contributed by atoms with van der Waals surface area (Å²) in [5.41, 5.74) is 1.73. The molecule has 3 rings (SSSR count). The molecule has 0 saturated carbocycles. The second-order valence-corrected chi connectivity index (χ2v) is 5.35. The minimum absolute atomic E-state index is 0.246. The molecule has 0 bridgehead atoms. The molecule has 0 aliphatic rings. The number of pyridine rings is 1. The maximum absolute atomic E-state index is 13.9. The van der Waals surface area contributed by atoms with Gasteiger partial charge in [0.2, 0.25) is 0 Å². The Balaban J connectivity index is 2.10. The fraction of sp³-hybridized carbons (Fsp3) is 0.0625. The van der Waals surface area contributed by atoms with Crippen LogP contribution in [0, 0.1) is 5.82 Å². The summed E-state index contributed by atoms with van der Waals surface area (Å²) in [6.45, 7) is 0. The first-order valence-electron chi connectivity index (χ1n) is 6.13. The summed E-state index contributed by atoms with van der Waals surface area (Å²) < 4.78 is 14.5.